The number of carbonyl (C=O) groups excluding carboxylic acids is 1. The second-order valence-corrected chi connectivity index (χ2v) is 6.00. The number of nitriles is 1. The van der Waals surface area contributed by atoms with Crippen molar-refractivity contribution in [2.45, 2.75) is 13.8 Å². The number of nitrogens with zero attached hydrogens (tertiary/aromatic N) is 4. The van der Waals surface area contributed by atoms with Crippen molar-refractivity contribution in [2.24, 2.45) is 0 Å². The molecule has 6 heteroatoms. The van der Waals surface area contributed by atoms with Gasteiger partial charge in [-0.15, -0.1) is 10.2 Å². The average Bonchev–Trinajstić information content (AvgIpc) is 2.70. The zero-order valence-corrected chi connectivity index (χ0v) is 15.2. The molecule has 6 nitrogen and oxygen atoms in total. The van der Waals surface area contributed by atoms with Gasteiger partial charge in [-0.1, -0.05) is 12.1 Å². The van der Waals surface area contributed by atoms with Crippen molar-refractivity contribution in [3.05, 3.63) is 77.5 Å². The molecule has 0 atom stereocenters. The summed E-state index contributed by atoms with van der Waals surface area (Å²) < 4.78 is 0. The second kappa shape index (κ2) is 8.11. The van der Waals surface area contributed by atoms with Crippen LogP contribution in [0, 0.1) is 18.3 Å². The summed E-state index contributed by atoms with van der Waals surface area (Å²) in [6.45, 7) is 4.81. The molecule has 1 heterocycles. The lowest BCUT2D eigenvalue weighted by Gasteiger charge is -2.22. The molecule has 2 aromatic carbocycles. The summed E-state index contributed by atoms with van der Waals surface area (Å²) in [4.78, 5) is 14.4. The van der Waals surface area contributed by atoms with Gasteiger partial charge in [0.1, 0.15) is 0 Å². The van der Waals surface area contributed by atoms with Gasteiger partial charge in [-0.3, -0.25) is 4.79 Å². The number of aromatic nitrogens is 2. The fourth-order valence-electron chi connectivity index (χ4n) is 2.69. The van der Waals surface area contributed by atoms with Gasteiger partial charge >= 0.3 is 0 Å². The van der Waals surface area contributed by atoms with Crippen molar-refractivity contribution in [2.75, 3.05) is 16.8 Å². The molecule has 0 aliphatic carbocycles. The lowest BCUT2D eigenvalue weighted by Crippen LogP contribution is -2.19. The molecular weight excluding hydrogens is 338 g/mol. The van der Waals surface area contributed by atoms with Crippen LogP contribution in [0.2, 0.25) is 0 Å². The molecule has 0 bridgehead atoms. The van der Waals surface area contributed by atoms with Crippen LogP contribution >= 0.6 is 0 Å². The highest BCUT2D eigenvalue weighted by Crippen LogP contribution is 2.23. The van der Waals surface area contributed by atoms with Crippen LogP contribution < -0.4 is 10.2 Å². The van der Waals surface area contributed by atoms with Gasteiger partial charge in [0.25, 0.3) is 5.91 Å². The molecule has 27 heavy (non-hydrogen) atoms. The number of anilines is 3. The summed E-state index contributed by atoms with van der Waals surface area (Å²) in [5.74, 6) is 0.329. The van der Waals surface area contributed by atoms with Crippen LogP contribution in [0.3, 0.4) is 0 Å². The standard InChI is InChI=1S/C21H19N5O/c1-3-26(18-6-4-5-15(2)13-18)20-12-11-19(24-25-20)21(27)23-17-9-7-16(14-22)8-10-17/h4-13H,3H2,1-2H3,(H,23,27). The number of aryl methyl sites for hydroxylation is 1. The van der Waals surface area contributed by atoms with Crippen molar-refractivity contribution in [1.29, 1.82) is 5.26 Å². The first-order valence-corrected chi connectivity index (χ1v) is 8.60. The van der Waals surface area contributed by atoms with Crippen LogP contribution in [0.25, 0.3) is 0 Å². The molecule has 1 aromatic heterocycles. The first-order chi connectivity index (χ1) is 13.1. The van der Waals surface area contributed by atoms with Crippen LogP contribution in [-0.4, -0.2) is 22.6 Å². The minimum Gasteiger partial charge on any atom is -0.325 e. The minimum absolute atomic E-state index is 0.225. The van der Waals surface area contributed by atoms with Gasteiger partial charge in [0.2, 0.25) is 0 Å². The maximum atomic E-state index is 12.3. The SMILES string of the molecule is CCN(c1cccc(C)c1)c1ccc(C(=O)Nc2ccc(C#N)cc2)nn1. The Morgan fingerprint density at radius 3 is 2.48 bits per heavy atom. The molecule has 0 radical (unpaired) electrons. The number of hydrogen-bond acceptors (Lipinski definition) is 5. The Morgan fingerprint density at radius 1 is 1.11 bits per heavy atom. The molecule has 1 N–H and O–H groups in total. The van der Waals surface area contributed by atoms with Crippen LogP contribution in [0.1, 0.15) is 28.5 Å². The summed E-state index contributed by atoms with van der Waals surface area (Å²) in [6, 6.07) is 20.3. The fourth-order valence-corrected chi connectivity index (χ4v) is 2.69. The predicted molar refractivity (Wildman–Crippen MR) is 105 cm³/mol. The molecule has 0 fully saturated rings. The van der Waals surface area contributed by atoms with E-state index in [2.05, 4.69) is 21.6 Å². The minimum atomic E-state index is -0.350. The molecule has 0 aliphatic rings. The Hall–Kier alpha value is -3.72. The zero-order chi connectivity index (χ0) is 19.2. The van der Waals surface area contributed by atoms with Gasteiger partial charge < -0.3 is 10.2 Å². The summed E-state index contributed by atoms with van der Waals surface area (Å²) in [7, 11) is 0. The first kappa shape index (κ1) is 18.1. The molecular formula is C21H19N5O. The monoisotopic (exact) mass is 357 g/mol. The van der Waals surface area contributed by atoms with E-state index in [9.17, 15) is 4.79 Å². The molecule has 134 valence electrons. The van der Waals surface area contributed by atoms with E-state index in [4.69, 9.17) is 5.26 Å². The van der Waals surface area contributed by atoms with E-state index in [0.29, 0.717) is 17.1 Å². The molecule has 0 saturated carbocycles. The van der Waals surface area contributed by atoms with Crippen molar-refractivity contribution in [1.82, 2.24) is 10.2 Å². The lowest BCUT2D eigenvalue weighted by molar-refractivity contribution is 0.102. The van der Waals surface area contributed by atoms with E-state index in [0.717, 1.165) is 17.8 Å². The maximum Gasteiger partial charge on any atom is 0.276 e. The van der Waals surface area contributed by atoms with Crippen molar-refractivity contribution in [3.63, 3.8) is 0 Å². The highest BCUT2D eigenvalue weighted by molar-refractivity contribution is 6.02. The predicted octanol–water partition coefficient (Wildman–Crippen LogP) is 4.07. The van der Waals surface area contributed by atoms with E-state index in [1.807, 2.05) is 43.0 Å². The highest BCUT2D eigenvalue weighted by Gasteiger charge is 2.13. The number of rotatable bonds is 5. The van der Waals surface area contributed by atoms with Gasteiger partial charge in [0.15, 0.2) is 11.5 Å². The van der Waals surface area contributed by atoms with Crippen molar-refractivity contribution < 1.29 is 4.79 Å². The van der Waals surface area contributed by atoms with Crippen molar-refractivity contribution in [3.8, 4) is 6.07 Å². The molecule has 3 aromatic rings. The Bertz CT molecular complexity index is 975. The van der Waals surface area contributed by atoms with Crippen LogP contribution in [0.5, 0.6) is 0 Å². The zero-order valence-electron chi connectivity index (χ0n) is 15.2. The Balaban J connectivity index is 1.75. The molecule has 1 amide bonds. The topological polar surface area (TPSA) is 81.9 Å². The Labute approximate surface area is 158 Å². The number of hydrogen-bond donors (Lipinski definition) is 1. The van der Waals surface area contributed by atoms with Crippen molar-refractivity contribution >= 4 is 23.1 Å². The third-order valence-corrected chi connectivity index (χ3v) is 4.06. The third-order valence-electron chi connectivity index (χ3n) is 4.06. The van der Waals surface area contributed by atoms with E-state index >= 15 is 0 Å². The highest BCUT2D eigenvalue weighted by atomic mass is 16.1. The number of benzene rings is 2. The van der Waals surface area contributed by atoms with E-state index in [1.54, 1.807) is 36.4 Å². The molecule has 0 spiro atoms. The Kier molecular flexibility index (Phi) is 5.43. The van der Waals surface area contributed by atoms with Gasteiger partial charge in [-0.25, -0.2) is 0 Å². The largest absolute Gasteiger partial charge is 0.325 e. The van der Waals surface area contributed by atoms with Gasteiger partial charge in [0, 0.05) is 17.9 Å². The summed E-state index contributed by atoms with van der Waals surface area (Å²) in [5, 5.41) is 19.9. The van der Waals surface area contributed by atoms with Crippen LogP contribution in [-0.2, 0) is 0 Å². The quantitative estimate of drug-likeness (QED) is 0.744. The summed E-state index contributed by atoms with van der Waals surface area (Å²) >= 11 is 0. The fraction of sp³-hybridized carbons (Fsp3) is 0.143. The van der Waals surface area contributed by atoms with E-state index in [-0.39, 0.29) is 11.6 Å². The van der Waals surface area contributed by atoms with E-state index in [1.165, 1.54) is 0 Å². The molecule has 3 rings (SSSR count). The number of carbonyl (C=O) groups is 1. The molecule has 0 unspecified atom stereocenters. The normalized spacial score (nSPS) is 10.1. The molecule has 0 saturated heterocycles. The number of amides is 1. The number of nitrogens with one attached hydrogen (secondary N) is 1. The van der Waals surface area contributed by atoms with Crippen LogP contribution in [0.4, 0.5) is 17.2 Å². The average molecular weight is 357 g/mol. The van der Waals surface area contributed by atoms with Gasteiger partial charge in [-0.2, -0.15) is 5.26 Å². The molecule has 0 aliphatic heterocycles. The lowest BCUT2D eigenvalue weighted by atomic mass is 10.2. The second-order valence-electron chi connectivity index (χ2n) is 6.00. The summed E-state index contributed by atoms with van der Waals surface area (Å²) in [5.41, 5.74) is 3.55. The Morgan fingerprint density at radius 2 is 1.89 bits per heavy atom. The summed E-state index contributed by atoms with van der Waals surface area (Å²) in [6.07, 6.45) is 0. The smallest absolute Gasteiger partial charge is 0.276 e. The van der Waals surface area contributed by atoms with Gasteiger partial charge in [0.05, 0.1) is 11.6 Å². The maximum absolute atomic E-state index is 12.3. The third kappa shape index (κ3) is 4.28. The van der Waals surface area contributed by atoms with Crippen LogP contribution in [0.15, 0.2) is 60.7 Å². The van der Waals surface area contributed by atoms with Gasteiger partial charge in [-0.05, 0) is 67.9 Å². The first-order valence-electron chi connectivity index (χ1n) is 8.60. The van der Waals surface area contributed by atoms with E-state index < -0.39 is 0 Å².